The van der Waals surface area contributed by atoms with Crippen LogP contribution in [0.5, 0.6) is 23.0 Å². The van der Waals surface area contributed by atoms with E-state index < -0.39 is 11.5 Å². The Kier molecular flexibility index (Phi) is 3.57. The molecule has 2 heterocycles. The number of aromatic nitrogens is 1. The van der Waals surface area contributed by atoms with Crippen molar-refractivity contribution in [1.29, 1.82) is 0 Å². The second-order valence-corrected chi connectivity index (χ2v) is 5.90. The lowest BCUT2D eigenvalue weighted by atomic mass is 9.96. The van der Waals surface area contributed by atoms with Crippen molar-refractivity contribution in [3.8, 4) is 34.1 Å². The van der Waals surface area contributed by atoms with Gasteiger partial charge in [0.05, 0.1) is 12.0 Å². The maximum Gasteiger partial charge on any atom is 0.326 e. The summed E-state index contributed by atoms with van der Waals surface area (Å²) in [5, 5.41) is 20.6. The third kappa shape index (κ3) is 2.36. The maximum absolute atomic E-state index is 12.8. The van der Waals surface area contributed by atoms with Crippen LogP contribution in [0.4, 0.5) is 0 Å². The molecule has 1 aliphatic rings. The molecule has 0 amide bonds. The molecular weight excluding hydrogens is 338 g/mol. The Morgan fingerprint density at radius 3 is 2.65 bits per heavy atom. The van der Waals surface area contributed by atoms with Crippen molar-refractivity contribution in [2.24, 2.45) is 0 Å². The molecule has 0 radical (unpaired) electrons. The fourth-order valence-corrected chi connectivity index (χ4v) is 3.17. The summed E-state index contributed by atoms with van der Waals surface area (Å²) < 4.78 is 11.9. The van der Waals surface area contributed by atoms with Crippen LogP contribution in [0.25, 0.3) is 21.9 Å². The van der Waals surface area contributed by atoms with E-state index in [1.807, 2.05) is 0 Å². The first kappa shape index (κ1) is 16.0. The van der Waals surface area contributed by atoms with Gasteiger partial charge in [0, 0.05) is 22.7 Å². The van der Waals surface area contributed by atoms with Crippen LogP contribution in [0, 0.1) is 0 Å². The molecule has 0 atom stereocenters. The Bertz CT molecular complexity index is 1120. The van der Waals surface area contributed by atoms with Crippen LogP contribution < -0.4 is 10.3 Å². The summed E-state index contributed by atoms with van der Waals surface area (Å²) in [5.41, 5.74) is 0.612. The smallest absolute Gasteiger partial charge is 0.326 e. The highest BCUT2D eigenvalue weighted by Gasteiger charge is 2.25. The molecule has 4 rings (SSSR count). The molecule has 0 unspecified atom stereocenters. The van der Waals surface area contributed by atoms with E-state index in [-0.39, 0.29) is 30.0 Å². The summed E-state index contributed by atoms with van der Waals surface area (Å²) in [4.78, 5) is 24.7. The Balaban J connectivity index is 2.05. The van der Waals surface area contributed by atoms with Gasteiger partial charge in [-0.3, -0.25) is 9.59 Å². The van der Waals surface area contributed by atoms with Crippen LogP contribution in [0.3, 0.4) is 0 Å². The SMILES string of the molecule is CCOC(=O)Cn1cc2c3c(ccc(O)c3c1=O)Oc1ccc(O)cc1-2. The first-order valence-electron chi connectivity index (χ1n) is 8.05. The largest absolute Gasteiger partial charge is 0.508 e. The zero-order valence-corrected chi connectivity index (χ0v) is 13.9. The topological polar surface area (TPSA) is 98.0 Å². The zero-order chi connectivity index (χ0) is 18.4. The van der Waals surface area contributed by atoms with Crippen LogP contribution in [0.2, 0.25) is 0 Å². The molecule has 132 valence electrons. The number of hydrogen-bond donors (Lipinski definition) is 2. The van der Waals surface area contributed by atoms with E-state index in [9.17, 15) is 19.8 Å². The van der Waals surface area contributed by atoms with E-state index in [0.29, 0.717) is 28.0 Å². The van der Waals surface area contributed by atoms with E-state index in [1.165, 1.54) is 29.0 Å². The van der Waals surface area contributed by atoms with Gasteiger partial charge >= 0.3 is 5.97 Å². The number of pyridine rings is 1. The first-order valence-corrected chi connectivity index (χ1v) is 8.05. The quantitative estimate of drug-likeness (QED) is 0.550. The molecule has 1 aliphatic heterocycles. The Morgan fingerprint density at radius 2 is 1.88 bits per heavy atom. The van der Waals surface area contributed by atoms with Crippen LogP contribution in [-0.4, -0.2) is 27.4 Å². The van der Waals surface area contributed by atoms with Crippen molar-refractivity contribution in [2.45, 2.75) is 13.5 Å². The normalized spacial score (nSPS) is 11.7. The number of ether oxygens (including phenoxy) is 2. The number of benzene rings is 2. The van der Waals surface area contributed by atoms with E-state index in [2.05, 4.69) is 0 Å². The number of phenols is 2. The highest BCUT2D eigenvalue weighted by atomic mass is 16.5. The van der Waals surface area contributed by atoms with E-state index >= 15 is 0 Å². The number of fused-ring (bicyclic) bond motifs is 2. The molecule has 0 saturated heterocycles. The number of carbonyl (C=O) groups excluding carboxylic acids is 1. The number of phenolic OH excluding ortho intramolecular Hbond substituents is 2. The van der Waals surface area contributed by atoms with Crippen molar-refractivity contribution in [3.05, 3.63) is 46.9 Å². The molecule has 0 aliphatic carbocycles. The number of esters is 1. The predicted molar refractivity (Wildman–Crippen MR) is 93.7 cm³/mol. The van der Waals surface area contributed by atoms with Crippen LogP contribution in [0.1, 0.15) is 6.92 Å². The van der Waals surface area contributed by atoms with Crippen molar-refractivity contribution >= 4 is 16.7 Å². The molecule has 0 saturated carbocycles. The summed E-state index contributed by atoms with van der Waals surface area (Å²) in [7, 11) is 0. The maximum atomic E-state index is 12.8. The zero-order valence-electron chi connectivity index (χ0n) is 13.9. The Morgan fingerprint density at radius 1 is 1.12 bits per heavy atom. The van der Waals surface area contributed by atoms with Gasteiger partial charge in [0.2, 0.25) is 0 Å². The predicted octanol–water partition coefficient (Wildman–Crippen LogP) is 2.75. The number of aromatic hydroxyl groups is 2. The van der Waals surface area contributed by atoms with Gasteiger partial charge in [-0.1, -0.05) is 0 Å². The lowest BCUT2D eigenvalue weighted by Crippen LogP contribution is -2.26. The fraction of sp³-hybridized carbons (Fsp3) is 0.158. The van der Waals surface area contributed by atoms with Gasteiger partial charge in [0.1, 0.15) is 29.5 Å². The molecule has 3 aromatic rings. The average Bonchev–Trinajstić information content (AvgIpc) is 2.60. The van der Waals surface area contributed by atoms with Gasteiger partial charge in [-0.2, -0.15) is 0 Å². The van der Waals surface area contributed by atoms with Gasteiger partial charge < -0.3 is 24.3 Å². The highest BCUT2D eigenvalue weighted by Crippen LogP contribution is 2.48. The van der Waals surface area contributed by atoms with Gasteiger partial charge in [0.15, 0.2) is 0 Å². The number of nitrogens with zero attached hydrogens (tertiary/aromatic N) is 1. The van der Waals surface area contributed by atoms with Crippen molar-refractivity contribution in [3.63, 3.8) is 0 Å². The standard InChI is InChI=1S/C19H15NO6/c1-2-25-16(23)9-20-8-12-11-7-10(21)3-5-14(11)26-15-6-4-13(22)18(17(12)15)19(20)24/h3-8,21-22H,2,9H2,1H3. The molecular formula is C19H15NO6. The molecule has 7 nitrogen and oxygen atoms in total. The lowest BCUT2D eigenvalue weighted by molar-refractivity contribution is -0.143. The van der Waals surface area contributed by atoms with E-state index in [1.54, 1.807) is 19.1 Å². The Hall–Kier alpha value is -3.48. The first-order chi connectivity index (χ1) is 12.5. The molecule has 2 aromatic carbocycles. The summed E-state index contributed by atoms with van der Waals surface area (Å²) in [6.07, 6.45) is 1.52. The summed E-state index contributed by atoms with van der Waals surface area (Å²) in [5.74, 6) is 0.197. The van der Waals surface area contributed by atoms with E-state index in [4.69, 9.17) is 9.47 Å². The van der Waals surface area contributed by atoms with Gasteiger partial charge in [-0.05, 0) is 37.3 Å². The molecule has 0 bridgehead atoms. The highest BCUT2D eigenvalue weighted by molar-refractivity contribution is 6.05. The monoisotopic (exact) mass is 353 g/mol. The van der Waals surface area contributed by atoms with Gasteiger partial charge in [-0.25, -0.2) is 0 Å². The van der Waals surface area contributed by atoms with Crippen LogP contribution in [-0.2, 0) is 16.1 Å². The number of hydrogen-bond acceptors (Lipinski definition) is 6. The third-order valence-corrected chi connectivity index (χ3v) is 4.25. The average molecular weight is 353 g/mol. The van der Waals surface area contributed by atoms with Crippen LogP contribution in [0.15, 0.2) is 41.3 Å². The third-order valence-electron chi connectivity index (χ3n) is 4.25. The second-order valence-electron chi connectivity index (χ2n) is 5.90. The minimum Gasteiger partial charge on any atom is -0.508 e. The fourth-order valence-electron chi connectivity index (χ4n) is 3.17. The molecule has 1 aromatic heterocycles. The molecule has 26 heavy (non-hydrogen) atoms. The van der Waals surface area contributed by atoms with E-state index in [0.717, 1.165) is 0 Å². The number of rotatable bonds is 3. The molecule has 7 heteroatoms. The summed E-state index contributed by atoms with van der Waals surface area (Å²) in [6.45, 7) is 1.60. The summed E-state index contributed by atoms with van der Waals surface area (Å²) >= 11 is 0. The van der Waals surface area contributed by atoms with Gasteiger partial charge in [0.25, 0.3) is 5.56 Å². The molecule has 2 N–H and O–H groups in total. The molecule has 0 spiro atoms. The van der Waals surface area contributed by atoms with Gasteiger partial charge in [-0.15, -0.1) is 0 Å². The molecule has 0 fully saturated rings. The van der Waals surface area contributed by atoms with Crippen molar-refractivity contribution in [1.82, 2.24) is 4.57 Å². The second kappa shape index (κ2) is 5.80. The minimum absolute atomic E-state index is 0.0345. The summed E-state index contributed by atoms with van der Waals surface area (Å²) in [6, 6.07) is 7.58. The van der Waals surface area contributed by atoms with Crippen molar-refractivity contribution < 1.29 is 24.5 Å². The number of carbonyl (C=O) groups is 1. The lowest BCUT2D eigenvalue weighted by Gasteiger charge is -2.22. The Labute approximate surface area is 147 Å². The van der Waals surface area contributed by atoms with Crippen molar-refractivity contribution in [2.75, 3.05) is 6.61 Å². The van der Waals surface area contributed by atoms with Crippen LogP contribution >= 0.6 is 0 Å². The minimum atomic E-state index is -0.556.